The molecule has 7 nitrogen and oxygen atoms in total. The molecule has 2 atom stereocenters. The summed E-state index contributed by atoms with van der Waals surface area (Å²) < 4.78 is 5.34. The zero-order chi connectivity index (χ0) is 19.8. The van der Waals surface area contributed by atoms with Crippen LogP contribution >= 0.6 is 0 Å². The first-order chi connectivity index (χ1) is 14.2. The molecule has 4 fully saturated rings. The molecule has 0 aromatic carbocycles. The molecule has 0 spiro atoms. The zero-order valence-electron chi connectivity index (χ0n) is 17.1. The maximum absolute atomic E-state index is 12.7. The lowest BCUT2D eigenvalue weighted by atomic mass is 9.88. The standard InChI is InChI=1S/C22H32N4O3/c27-21(15-4-2-1-3-5-15)23-11-16-12-26(17-8-9-17)13-19(16)24-22(28)18-10-20(29-25-18)14-6-7-14/h10,14-17,19H,1-9,11-13H2,(H,23,27)(H,24,28). The largest absolute Gasteiger partial charge is 0.360 e. The third-order valence-electron chi connectivity index (χ3n) is 7.10. The van der Waals surface area contributed by atoms with Crippen molar-refractivity contribution in [2.75, 3.05) is 19.6 Å². The van der Waals surface area contributed by atoms with Crippen molar-refractivity contribution in [1.82, 2.24) is 20.7 Å². The highest BCUT2D eigenvalue weighted by Gasteiger charge is 2.41. The van der Waals surface area contributed by atoms with Gasteiger partial charge < -0.3 is 15.2 Å². The second-order valence-electron chi connectivity index (χ2n) is 9.49. The van der Waals surface area contributed by atoms with E-state index in [4.69, 9.17) is 4.52 Å². The quantitative estimate of drug-likeness (QED) is 0.734. The van der Waals surface area contributed by atoms with Gasteiger partial charge in [0.25, 0.3) is 5.91 Å². The Kier molecular flexibility index (Phi) is 5.33. The molecule has 1 aromatic rings. The third kappa shape index (κ3) is 4.49. The van der Waals surface area contributed by atoms with Crippen LogP contribution in [0.15, 0.2) is 10.6 Å². The van der Waals surface area contributed by atoms with Crippen LogP contribution in [0, 0.1) is 11.8 Å². The van der Waals surface area contributed by atoms with Crippen LogP contribution in [0.1, 0.15) is 80.0 Å². The minimum Gasteiger partial charge on any atom is -0.360 e. The summed E-state index contributed by atoms with van der Waals surface area (Å²) in [4.78, 5) is 27.8. The van der Waals surface area contributed by atoms with Gasteiger partial charge in [-0.15, -0.1) is 0 Å². The minimum absolute atomic E-state index is 0.0378. The Labute approximate surface area is 171 Å². The summed E-state index contributed by atoms with van der Waals surface area (Å²) in [5.74, 6) is 1.73. The normalized spacial score (nSPS) is 28.4. The highest BCUT2D eigenvalue weighted by Crippen LogP contribution is 2.40. The van der Waals surface area contributed by atoms with Crippen LogP contribution in [0.4, 0.5) is 0 Å². The van der Waals surface area contributed by atoms with Crippen LogP contribution in [0.5, 0.6) is 0 Å². The topological polar surface area (TPSA) is 87.5 Å². The molecule has 4 aliphatic rings. The highest BCUT2D eigenvalue weighted by molar-refractivity contribution is 5.92. The molecule has 2 amide bonds. The second-order valence-corrected chi connectivity index (χ2v) is 9.49. The summed E-state index contributed by atoms with van der Waals surface area (Å²) in [5, 5.41) is 10.3. The number of rotatable bonds is 7. The van der Waals surface area contributed by atoms with Gasteiger partial charge in [-0.2, -0.15) is 0 Å². The monoisotopic (exact) mass is 400 g/mol. The molecule has 2 N–H and O–H groups in total. The molecule has 29 heavy (non-hydrogen) atoms. The first-order valence-electron chi connectivity index (χ1n) is 11.5. The Morgan fingerprint density at radius 3 is 2.59 bits per heavy atom. The Balaban J connectivity index is 1.18. The van der Waals surface area contributed by atoms with Gasteiger partial charge in [0.1, 0.15) is 5.76 Å². The summed E-state index contributed by atoms with van der Waals surface area (Å²) in [6.45, 7) is 2.43. The van der Waals surface area contributed by atoms with E-state index in [1.807, 2.05) is 0 Å². The van der Waals surface area contributed by atoms with Crippen molar-refractivity contribution in [1.29, 1.82) is 0 Å². The van der Waals surface area contributed by atoms with Crippen LogP contribution in [0.3, 0.4) is 0 Å². The molecule has 2 unspecified atom stereocenters. The maximum Gasteiger partial charge on any atom is 0.273 e. The van der Waals surface area contributed by atoms with Crippen molar-refractivity contribution < 1.29 is 14.1 Å². The zero-order valence-corrected chi connectivity index (χ0v) is 17.1. The van der Waals surface area contributed by atoms with Gasteiger partial charge in [0, 0.05) is 55.5 Å². The number of hydrogen-bond acceptors (Lipinski definition) is 5. The van der Waals surface area contributed by atoms with Gasteiger partial charge >= 0.3 is 0 Å². The predicted octanol–water partition coefficient (Wildman–Crippen LogP) is 2.44. The molecule has 1 aromatic heterocycles. The highest BCUT2D eigenvalue weighted by atomic mass is 16.5. The molecule has 7 heteroatoms. The Morgan fingerprint density at radius 1 is 1.07 bits per heavy atom. The number of carbonyl (C=O) groups is 2. The number of nitrogens with zero attached hydrogens (tertiary/aromatic N) is 2. The van der Waals surface area contributed by atoms with Gasteiger partial charge in [-0.05, 0) is 38.5 Å². The SMILES string of the molecule is O=C(NC1CN(C2CC2)CC1CNC(=O)C1CCCCC1)c1cc(C2CC2)on1. The fourth-order valence-electron chi connectivity index (χ4n) is 4.95. The minimum atomic E-state index is -0.160. The van der Waals surface area contributed by atoms with E-state index in [0.29, 0.717) is 24.2 Å². The van der Waals surface area contributed by atoms with Crippen molar-refractivity contribution in [3.05, 3.63) is 17.5 Å². The van der Waals surface area contributed by atoms with Crippen molar-refractivity contribution >= 4 is 11.8 Å². The fraction of sp³-hybridized carbons (Fsp3) is 0.773. The van der Waals surface area contributed by atoms with Crippen LogP contribution in [-0.2, 0) is 4.79 Å². The van der Waals surface area contributed by atoms with Crippen molar-refractivity contribution in [2.24, 2.45) is 11.8 Å². The van der Waals surface area contributed by atoms with Gasteiger partial charge in [-0.3, -0.25) is 14.5 Å². The lowest BCUT2D eigenvalue weighted by Gasteiger charge is -2.24. The third-order valence-corrected chi connectivity index (χ3v) is 7.10. The van der Waals surface area contributed by atoms with Crippen molar-refractivity contribution in [2.45, 2.75) is 75.8 Å². The molecule has 5 rings (SSSR count). The molecule has 158 valence electrons. The lowest BCUT2D eigenvalue weighted by molar-refractivity contribution is -0.126. The van der Waals surface area contributed by atoms with Gasteiger partial charge in [0.05, 0.1) is 0 Å². The first-order valence-corrected chi connectivity index (χ1v) is 11.5. The second kappa shape index (κ2) is 8.09. The molecule has 0 bridgehead atoms. The van der Waals surface area contributed by atoms with Crippen LogP contribution in [-0.4, -0.2) is 53.6 Å². The van der Waals surface area contributed by atoms with E-state index < -0.39 is 0 Å². The van der Waals surface area contributed by atoms with E-state index in [0.717, 1.165) is 57.4 Å². The molecule has 2 heterocycles. The van der Waals surface area contributed by atoms with Crippen molar-refractivity contribution in [3.8, 4) is 0 Å². The molecule has 3 aliphatic carbocycles. The van der Waals surface area contributed by atoms with E-state index in [-0.39, 0.29) is 29.7 Å². The van der Waals surface area contributed by atoms with Crippen LogP contribution < -0.4 is 10.6 Å². The lowest BCUT2D eigenvalue weighted by Crippen LogP contribution is -2.45. The van der Waals surface area contributed by atoms with Gasteiger partial charge in [0.15, 0.2) is 5.69 Å². The van der Waals surface area contributed by atoms with E-state index in [2.05, 4.69) is 20.7 Å². The first kappa shape index (κ1) is 19.1. The van der Waals surface area contributed by atoms with Crippen LogP contribution in [0.25, 0.3) is 0 Å². The Bertz CT molecular complexity index is 749. The summed E-state index contributed by atoms with van der Waals surface area (Å²) >= 11 is 0. The molecule has 0 radical (unpaired) electrons. The average Bonchev–Trinajstić information content (AvgIpc) is 3.68. The molecular weight excluding hydrogens is 368 g/mol. The van der Waals surface area contributed by atoms with Gasteiger partial charge in [0.2, 0.25) is 5.91 Å². The Morgan fingerprint density at radius 2 is 1.86 bits per heavy atom. The summed E-state index contributed by atoms with van der Waals surface area (Å²) in [6.07, 6.45) is 10.3. The van der Waals surface area contributed by atoms with Gasteiger partial charge in [-0.1, -0.05) is 24.4 Å². The van der Waals surface area contributed by atoms with E-state index in [9.17, 15) is 9.59 Å². The molecule has 1 saturated heterocycles. The average molecular weight is 401 g/mol. The summed E-state index contributed by atoms with van der Waals surface area (Å²) in [5.41, 5.74) is 0.377. The summed E-state index contributed by atoms with van der Waals surface area (Å²) in [6, 6.07) is 2.48. The number of amides is 2. The summed E-state index contributed by atoms with van der Waals surface area (Å²) in [7, 11) is 0. The molecular formula is C22H32N4O3. The predicted molar refractivity (Wildman–Crippen MR) is 107 cm³/mol. The number of carbonyl (C=O) groups excluding carboxylic acids is 2. The number of hydrogen-bond donors (Lipinski definition) is 2. The number of likely N-dealkylation sites (tertiary alicyclic amines) is 1. The van der Waals surface area contributed by atoms with E-state index in [1.54, 1.807) is 6.07 Å². The van der Waals surface area contributed by atoms with Crippen LogP contribution in [0.2, 0.25) is 0 Å². The Hall–Kier alpha value is -1.89. The van der Waals surface area contributed by atoms with E-state index >= 15 is 0 Å². The van der Waals surface area contributed by atoms with Crippen molar-refractivity contribution in [3.63, 3.8) is 0 Å². The number of aromatic nitrogens is 1. The molecule has 3 saturated carbocycles. The van der Waals surface area contributed by atoms with Gasteiger partial charge in [-0.25, -0.2) is 0 Å². The molecule has 1 aliphatic heterocycles. The smallest absolute Gasteiger partial charge is 0.273 e. The van der Waals surface area contributed by atoms with E-state index in [1.165, 1.54) is 19.3 Å². The maximum atomic E-state index is 12.7. The fourth-order valence-corrected chi connectivity index (χ4v) is 4.95. The number of nitrogens with one attached hydrogen (secondary N) is 2.